The first-order valence-electron chi connectivity index (χ1n) is 4.78. The minimum Gasteiger partial charge on any atom is -0.346 e. The molecule has 5 nitrogen and oxygen atoms in total. The van der Waals surface area contributed by atoms with Gasteiger partial charge in [0.1, 0.15) is 0 Å². The molecular weight excluding hydrogens is 234 g/mol. The molecule has 1 aliphatic rings. The van der Waals surface area contributed by atoms with Gasteiger partial charge in [0.25, 0.3) is 5.69 Å². The molecule has 0 unspecified atom stereocenters. The van der Waals surface area contributed by atoms with Gasteiger partial charge in [-0.25, -0.2) is 0 Å². The molecule has 1 saturated heterocycles. The lowest BCUT2D eigenvalue weighted by Crippen LogP contribution is -2.10. The predicted molar refractivity (Wildman–Crippen MR) is 57.4 cm³/mol. The Labute approximate surface area is 97.1 Å². The average molecular weight is 244 g/mol. The quantitative estimate of drug-likeness (QED) is 0.464. The van der Waals surface area contributed by atoms with Gasteiger partial charge in [-0.15, -0.1) is 11.6 Å². The SMILES string of the molecule is O=[N+]([O-])c1ccc([C@H]2OC[C@H](CCl)O2)cc1. The summed E-state index contributed by atoms with van der Waals surface area (Å²) in [5.74, 6) is 0.378. The number of hydrogen-bond donors (Lipinski definition) is 0. The largest absolute Gasteiger partial charge is 0.346 e. The number of halogens is 1. The standard InChI is InChI=1S/C10H10ClNO4/c11-5-9-6-15-10(16-9)7-1-3-8(4-2-7)12(13)14/h1-4,9-10H,5-6H2/t9-,10-/m0/s1. The zero-order valence-corrected chi connectivity index (χ0v) is 9.09. The van der Waals surface area contributed by atoms with Crippen LogP contribution in [0.2, 0.25) is 0 Å². The monoisotopic (exact) mass is 243 g/mol. The highest BCUT2D eigenvalue weighted by molar-refractivity contribution is 6.18. The van der Waals surface area contributed by atoms with Gasteiger partial charge in [0.05, 0.1) is 23.5 Å². The normalized spacial score (nSPS) is 24.6. The van der Waals surface area contributed by atoms with Crippen molar-refractivity contribution in [1.82, 2.24) is 0 Å². The summed E-state index contributed by atoms with van der Waals surface area (Å²) in [5, 5.41) is 10.5. The lowest BCUT2D eigenvalue weighted by molar-refractivity contribution is -0.384. The van der Waals surface area contributed by atoms with Gasteiger partial charge in [0.15, 0.2) is 6.29 Å². The Balaban J connectivity index is 2.08. The topological polar surface area (TPSA) is 61.6 Å². The van der Waals surface area contributed by atoms with Gasteiger partial charge in [-0.2, -0.15) is 0 Å². The van der Waals surface area contributed by atoms with E-state index in [-0.39, 0.29) is 11.8 Å². The maximum Gasteiger partial charge on any atom is 0.269 e. The van der Waals surface area contributed by atoms with Crippen LogP contribution in [0.5, 0.6) is 0 Å². The fourth-order valence-corrected chi connectivity index (χ4v) is 1.62. The van der Waals surface area contributed by atoms with Crippen LogP contribution in [0.15, 0.2) is 24.3 Å². The fourth-order valence-electron chi connectivity index (χ4n) is 1.46. The molecule has 2 atom stereocenters. The Bertz CT molecular complexity index is 381. The molecule has 6 heteroatoms. The van der Waals surface area contributed by atoms with Gasteiger partial charge in [-0.1, -0.05) is 0 Å². The minimum atomic E-state index is -0.468. The summed E-state index contributed by atoms with van der Waals surface area (Å²) in [5.41, 5.74) is 0.814. The minimum absolute atomic E-state index is 0.0515. The molecule has 86 valence electrons. The molecular formula is C10H10ClNO4. The number of rotatable bonds is 3. The Hall–Kier alpha value is -1.17. The second-order valence-electron chi connectivity index (χ2n) is 3.43. The van der Waals surface area contributed by atoms with Crippen molar-refractivity contribution < 1.29 is 14.4 Å². The van der Waals surface area contributed by atoms with Crippen molar-refractivity contribution in [3.05, 3.63) is 39.9 Å². The molecule has 0 radical (unpaired) electrons. The van der Waals surface area contributed by atoms with Crippen molar-refractivity contribution in [3.63, 3.8) is 0 Å². The number of hydrogen-bond acceptors (Lipinski definition) is 4. The van der Waals surface area contributed by atoms with Crippen LogP contribution in [0.25, 0.3) is 0 Å². The van der Waals surface area contributed by atoms with E-state index in [1.165, 1.54) is 12.1 Å². The molecule has 1 heterocycles. The number of nitro groups is 1. The van der Waals surface area contributed by atoms with Crippen LogP contribution >= 0.6 is 11.6 Å². The van der Waals surface area contributed by atoms with Crippen molar-refractivity contribution >= 4 is 17.3 Å². The fraction of sp³-hybridized carbons (Fsp3) is 0.400. The third-order valence-electron chi connectivity index (χ3n) is 2.30. The van der Waals surface area contributed by atoms with E-state index in [4.69, 9.17) is 21.1 Å². The van der Waals surface area contributed by atoms with Crippen molar-refractivity contribution in [2.24, 2.45) is 0 Å². The van der Waals surface area contributed by atoms with Crippen LogP contribution in [0.4, 0.5) is 5.69 Å². The maximum atomic E-state index is 10.5. The zero-order chi connectivity index (χ0) is 11.5. The lowest BCUT2D eigenvalue weighted by atomic mass is 10.2. The van der Waals surface area contributed by atoms with Crippen molar-refractivity contribution in [2.75, 3.05) is 12.5 Å². The van der Waals surface area contributed by atoms with E-state index in [9.17, 15) is 10.1 Å². The number of ether oxygens (including phenoxy) is 2. The van der Waals surface area contributed by atoms with Crippen LogP contribution in [0.3, 0.4) is 0 Å². The number of nitrogens with zero attached hydrogens (tertiary/aromatic N) is 1. The highest BCUT2D eigenvalue weighted by Crippen LogP contribution is 2.28. The summed E-state index contributed by atoms with van der Waals surface area (Å²) < 4.78 is 10.8. The van der Waals surface area contributed by atoms with E-state index in [0.717, 1.165) is 5.56 Å². The molecule has 1 aromatic rings. The molecule has 0 saturated carbocycles. The number of alkyl halides is 1. The van der Waals surface area contributed by atoms with Crippen molar-refractivity contribution in [3.8, 4) is 0 Å². The van der Waals surface area contributed by atoms with E-state index in [2.05, 4.69) is 0 Å². The molecule has 16 heavy (non-hydrogen) atoms. The molecule has 0 amide bonds. The molecule has 1 fully saturated rings. The molecule has 1 aromatic carbocycles. The molecule has 0 bridgehead atoms. The van der Waals surface area contributed by atoms with Crippen LogP contribution < -0.4 is 0 Å². The summed E-state index contributed by atoms with van der Waals surface area (Å²) in [6.07, 6.45) is -0.577. The first-order chi connectivity index (χ1) is 7.70. The Kier molecular flexibility index (Phi) is 3.38. The van der Waals surface area contributed by atoms with Gasteiger partial charge >= 0.3 is 0 Å². The first kappa shape index (κ1) is 11.3. The number of non-ortho nitro benzene ring substituents is 1. The highest BCUT2D eigenvalue weighted by atomic mass is 35.5. The molecule has 1 aliphatic heterocycles. The third-order valence-corrected chi connectivity index (χ3v) is 2.64. The maximum absolute atomic E-state index is 10.5. The van der Waals surface area contributed by atoms with Crippen LogP contribution in [-0.4, -0.2) is 23.5 Å². The second-order valence-corrected chi connectivity index (χ2v) is 3.73. The van der Waals surface area contributed by atoms with Crippen LogP contribution in [0.1, 0.15) is 11.9 Å². The smallest absolute Gasteiger partial charge is 0.269 e. The van der Waals surface area contributed by atoms with E-state index >= 15 is 0 Å². The van der Waals surface area contributed by atoms with Gasteiger partial charge in [-0.3, -0.25) is 10.1 Å². The highest BCUT2D eigenvalue weighted by Gasteiger charge is 2.26. The summed E-state index contributed by atoms with van der Waals surface area (Å²) in [6, 6.07) is 6.10. The Morgan fingerprint density at radius 2 is 2.12 bits per heavy atom. The van der Waals surface area contributed by atoms with Gasteiger partial charge < -0.3 is 9.47 Å². The van der Waals surface area contributed by atoms with Gasteiger partial charge in [-0.05, 0) is 12.1 Å². The van der Waals surface area contributed by atoms with E-state index in [1.54, 1.807) is 12.1 Å². The zero-order valence-electron chi connectivity index (χ0n) is 8.34. The average Bonchev–Trinajstić information content (AvgIpc) is 2.77. The van der Waals surface area contributed by atoms with Crippen molar-refractivity contribution in [1.29, 1.82) is 0 Å². The van der Waals surface area contributed by atoms with E-state index in [0.29, 0.717) is 12.5 Å². The summed E-state index contributed by atoms with van der Waals surface area (Å²) >= 11 is 5.63. The summed E-state index contributed by atoms with van der Waals surface area (Å²) in [4.78, 5) is 10.0. The van der Waals surface area contributed by atoms with E-state index < -0.39 is 11.2 Å². The third kappa shape index (κ3) is 2.32. The Morgan fingerprint density at radius 3 is 2.62 bits per heavy atom. The van der Waals surface area contributed by atoms with Crippen LogP contribution in [-0.2, 0) is 9.47 Å². The van der Waals surface area contributed by atoms with E-state index in [1.807, 2.05) is 0 Å². The molecule has 0 aromatic heterocycles. The summed E-state index contributed by atoms with van der Waals surface area (Å²) in [6.45, 7) is 0.450. The van der Waals surface area contributed by atoms with Crippen molar-refractivity contribution in [2.45, 2.75) is 12.4 Å². The van der Waals surface area contributed by atoms with Gasteiger partial charge in [0, 0.05) is 17.7 Å². The second kappa shape index (κ2) is 4.78. The molecule has 0 N–H and O–H groups in total. The molecule has 0 aliphatic carbocycles. The van der Waals surface area contributed by atoms with Gasteiger partial charge in [0.2, 0.25) is 0 Å². The Morgan fingerprint density at radius 1 is 1.44 bits per heavy atom. The molecule has 2 rings (SSSR count). The summed E-state index contributed by atoms with van der Waals surface area (Å²) in [7, 11) is 0. The predicted octanol–water partition coefficient (Wildman–Crippen LogP) is 2.25. The number of benzene rings is 1. The lowest BCUT2D eigenvalue weighted by Gasteiger charge is -2.09. The number of nitro benzene ring substituents is 1. The molecule has 0 spiro atoms. The van der Waals surface area contributed by atoms with Crippen LogP contribution in [0, 0.1) is 10.1 Å². The first-order valence-corrected chi connectivity index (χ1v) is 5.31.